The fraction of sp³-hybridized carbons (Fsp3) is 0.412. The average molecular weight is 300 g/mol. The van der Waals surface area contributed by atoms with Crippen LogP contribution in [-0.4, -0.2) is 28.4 Å². The molecule has 2 heterocycles. The van der Waals surface area contributed by atoms with E-state index in [-0.39, 0.29) is 11.9 Å². The topological polar surface area (TPSA) is 33.2 Å². The van der Waals surface area contributed by atoms with Crippen LogP contribution in [0, 0.1) is 13.8 Å². The van der Waals surface area contributed by atoms with E-state index in [9.17, 15) is 4.79 Å². The predicted molar refractivity (Wildman–Crippen MR) is 85.9 cm³/mol. The maximum Gasteiger partial charge on any atom is 0.265 e. The molecule has 1 saturated heterocycles. The zero-order valence-corrected chi connectivity index (χ0v) is 13.5. The maximum atomic E-state index is 12.6. The van der Waals surface area contributed by atoms with Crippen molar-refractivity contribution in [2.24, 2.45) is 0 Å². The van der Waals surface area contributed by atoms with E-state index < -0.39 is 0 Å². The van der Waals surface area contributed by atoms with E-state index in [0.29, 0.717) is 5.92 Å². The van der Waals surface area contributed by atoms with E-state index in [1.165, 1.54) is 22.5 Å². The summed E-state index contributed by atoms with van der Waals surface area (Å²) in [7, 11) is 0. The molecule has 110 valence electrons. The molecule has 0 unspecified atom stereocenters. The van der Waals surface area contributed by atoms with Gasteiger partial charge in [-0.2, -0.15) is 0 Å². The van der Waals surface area contributed by atoms with Crippen molar-refractivity contribution in [3.05, 3.63) is 51.5 Å². The van der Waals surface area contributed by atoms with Crippen molar-refractivity contribution in [1.29, 1.82) is 0 Å². The smallest absolute Gasteiger partial charge is 0.265 e. The Bertz CT molecular complexity index is 664. The Labute approximate surface area is 129 Å². The molecule has 0 bridgehead atoms. The van der Waals surface area contributed by atoms with Crippen LogP contribution < -0.4 is 0 Å². The summed E-state index contributed by atoms with van der Waals surface area (Å²) in [6.45, 7) is 7.04. The van der Waals surface area contributed by atoms with Crippen LogP contribution in [0.15, 0.2) is 30.5 Å². The van der Waals surface area contributed by atoms with E-state index in [1.807, 2.05) is 11.8 Å². The second-order valence-corrected chi connectivity index (χ2v) is 7.07. The number of amides is 1. The van der Waals surface area contributed by atoms with Crippen molar-refractivity contribution < 1.29 is 4.79 Å². The van der Waals surface area contributed by atoms with Crippen molar-refractivity contribution in [3.8, 4) is 0 Å². The van der Waals surface area contributed by atoms with Crippen molar-refractivity contribution in [2.75, 3.05) is 6.54 Å². The van der Waals surface area contributed by atoms with Crippen molar-refractivity contribution in [1.82, 2.24) is 9.88 Å². The van der Waals surface area contributed by atoms with Gasteiger partial charge in [0.2, 0.25) is 0 Å². The fourth-order valence-electron chi connectivity index (χ4n) is 3.19. The Balaban J connectivity index is 1.80. The van der Waals surface area contributed by atoms with Crippen LogP contribution in [0.3, 0.4) is 0 Å². The van der Waals surface area contributed by atoms with Gasteiger partial charge in [0.1, 0.15) is 4.88 Å². The summed E-state index contributed by atoms with van der Waals surface area (Å²) in [6, 6.07) is 8.78. The molecule has 0 saturated carbocycles. The summed E-state index contributed by atoms with van der Waals surface area (Å²) in [5.41, 5.74) is 2.69. The van der Waals surface area contributed by atoms with Crippen molar-refractivity contribution in [3.63, 3.8) is 0 Å². The number of rotatable bonds is 2. The highest BCUT2D eigenvalue weighted by Gasteiger charge is 2.34. The van der Waals surface area contributed by atoms with Gasteiger partial charge in [-0.1, -0.05) is 24.3 Å². The zero-order chi connectivity index (χ0) is 15.0. The zero-order valence-electron chi connectivity index (χ0n) is 12.7. The van der Waals surface area contributed by atoms with Crippen LogP contribution >= 0.6 is 11.3 Å². The number of hydrogen-bond acceptors (Lipinski definition) is 3. The van der Waals surface area contributed by atoms with Crippen molar-refractivity contribution in [2.45, 2.75) is 39.2 Å². The lowest BCUT2D eigenvalue weighted by molar-refractivity contribution is 0.0750. The highest BCUT2D eigenvalue weighted by Crippen LogP contribution is 2.34. The van der Waals surface area contributed by atoms with Gasteiger partial charge in [0.15, 0.2) is 0 Å². The first kappa shape index (κ1) is 14.3. The minimum absolute atomic E-state index is 0.129. The SMILES string of the molecule is Cc1ncc(C(=O)N2C[C@@H](c3ccccc3C)C[C@@H]2C)s1. The summed E-state index contributed by atoms with van der Waals surface area (Å²) in [5.74, 6) is 0.573. The van der Waals surface area contributed by atoms with Crippen LogP contribution in [0.2, 0.25) is 0 Å². The molecule has 1 fully saturated rings. The molecule has 0 N–H and O–H groups in total. The lowest BCUT2D eigenvalue weighted by Gasteiger charge is -2.20. The molecule has 1 aliphatic rings. The first-order valence-electron chi connectivity index (χ1n) is 7.35. The molecule has 2 aromatic rings. The number of aryl methyl sites for hydroxylation is 2. The van der Waals surface area contributed by atoms with Crippen LogP contribution in [0.1, 0.15) is 45.1 Å². The quantitative estimate of drug-likeness (QED) is 0.845. The second kappa shape index (κ2) is 5.60. The third kappa shape index (κ3) is 2.72. The Morgan fingerprint density at radius 2 is 2.10 bits per heavy atom. The average Bonchev–Trinajstić information content (AvgIpc) is 3.05. The summed E-state index contributed by atoms with van der Waals surface area (Å²) < 4.78 is 0. The number of benzene rings is 1. The van der Waals surface area contributed by atoms with Gasteiger partial charge in [0.25, 0.3) is 5.91 Å². The van der Waals surface area contributed by atoms with Gasteiger partial charge in [-0.05, 0) is 38.3 Å². The first-order chi connectivity index (χ1) is 10.1. The van der Waals surface area contributed by atoms with E-state index >= 15 is 0 Å². The fourth-order valence-corrected chi connectivity index (χ4v) is 3.92. The number of aromatic nitrogens is 1. The van der Waals surface area contributed by atoms with Gasteiger partial charge in [0.05, 0.1) is 11.2 Å². The summed E-state index contributed by atoms with van der Waals surface area (Å²) in [5, 5.41) is 0.945. The normalized spacial score (nSPS) is 21.8. The molecule has 0 aliphatic carbocycles. The van der Waals surface area contributed by atoms with E-state index in [2.05, 4.69) is 43.1 Å². The van der Waals surface area contributed by atoms with E-state index in [0.717, 1.165) is 22.9 Å². The molecule has 4 heteroatoms. The van der Waals surface area contributed by atoms with Gasteiger partial charge < -0.3 is 4.90 Å². The third-order valence-corrected chi connectivity index (χ3v) is 5.20. The number of thiazole rings is 1. The number of hydrogen-bond donors (Lipinski definition) is 0. The molecule has 1 aliphatic heterocycles. The maximum absolute atomic E-state index is 12.6. The molecule has 3 rings (SSSR count). The Hall–Kier alpha value is -1.68. The van der Waals surface area contributed by atoms with Gasteiger partial charge in [0, 0.05) is 18.5 Å². The molecular formula is C17H20N2OS. The standard InChI is InChI=1S/C17H20N2OS/c1-11-6-4-5-7-15(11)14-8-12(2)19(10-14)17(20)16-9-18-13(3)21-16/h4-7,9,12,14H,8,10H2,1-3H3/t12-,14-/m0/s1. The van der Waals surface area contributed by atoms with Gasteiger partial charge in [-0.3, -0.25) is 4.79 Å². The molecule has 1 aromatic carbocycles. The first-order valence-corrected chi connectivity index (χ1v) is 8.17. The Morgan fingerprint density at radius 3 is 2.76 bits per heavy atom. The molecule has 3 nitrogen and oxygen atoms in total. The molecule has 0 radical (unpaired) electrons. The molecule has 1 amide bonds. The molecule has 0 spiro atoms. The number of carbonyl (C=O) groups is 1. The molecule has 2 atom stereocenters. The predicted octanol–water partition coefficient (Wildman–Crippen LogP) is 3.78. The summed E-state index contributed by atoms with van der Waals surface area (Å²) in [6.07, 6.45) is 2.74. The van der Waals surface area contributed by atoms with E-state index in [4.69, 9.17) is 0 Å². The third-order valence-electron chi connectivity index (χ3n) is 4.30. The van der Waals surface area contributed by atoms with Gasteiger partial charge >= 0.3 is 0 Å². The molecular weight excluding hydrogens is 280 g/mol. The van der Waals surface area contributed by atoms with Crippen molar-refractivity contribution >= 4 is 17.2 Å². The van der Waals surface area contributed by atoms with Crippen LogP contribution in [-0.2, 0) is 0 Å². The largest absolute Gasteiger partial charge is 0.335 e. The Morgan fingerprint density at radius 1 is 1.33 bits per heavy atom. The summed E-state index contributed by atoms with van der Waals surface area (Å²) >= 11 is 1.48. The molecule has 21 heavy (non-hydrogen) atoms. The number of nitrogens with zero attached hydrogens (tertiary/aromatic N) is 2. The number of carbonyl (C=O) groups excluding carboxylic acids is 1. The Kier molecular flexibility index (Phi) is 3.81. The monoisotopic (exact) mass is 300 g/mol. The van der Waals surface area contributed by atoms with Gasteiger partial charge in [-0.25, -0.2) is 4.98 Å². The minimum Gasteiger partial charge on any atom is -0.335 e. The number of likely N-dealkylation sites (tertiary alicyclic amines) is 1. The lowest BCUT2D eigenvalue weighted by atomic mass is 9.93. The van der Waals surface area contributed by atoms with Crippen LogP contribution in [0.25, 0.3) is 0 Å². The highest BCUT2D eigenvalue weighted by molar-refractivity contribution is 7.13. The van der Waals surface area contributed by atoms with Crippen LogP contribution in [0.5, 0.6) is 0 Å². The van der Waals surface area contributed by atoms with E-state index in [1.54, 1.807) is 6.20 Å². The molecule has 1 aromatic heterocycles. The highest BCUT2D eigenvalue weighted by atomic mass is 32.1. The van der Waals surface area contributed by atoms with Gasteiger partial charge in [-0.15, -0.1) is 11.3 Å². The second-order valence-electron chi connectivity index (χ2n) is 5.84. The van der Waals surface area contributed by atoms with Crippen LogP contribution in [0.4, 0.5) is 0 Å². The summed E-state index contributed by atoms with van der Waals surface area (Å²) in [4.78, 5) is 19.6. The minimum atomic E-state index is 0.129. The lowest BCUT2D eigenvalue weighted by Crippen LogP contribution is -2.33.